The van der Waals surface area contributed by atoms with Crippen molar-refractivity contribution in [3.8, 4) is 0 Å². The van der Waals surface area contributed by atoms with E-state index in [1.165, 1.54) is 0 Å². The average Bonchev–Trinajstić information content (AvgIpc) is 2.39. The zero-order valence-electron chi connectivity index (χ0n) is 10.9. The smallest absolute Gasteiger partial charge is 0.344 e. The van der Waals surface area contributed by atoms with Crippen LogP contribution in [0, 0.1) is 6.92 Å². The summed E-state index contributed by atoms with van der Waals surface area (Å²) in [4.78, 5) is 23.6. The Morgan fingerprint density at radius 1 is 1.37 bits per heavy atom. The fraction of sp³-hybridized carbons (Fsp3) is 0.286. The van der Waals surface area contributed by atoms with Crippen molar-refractivity contribution in [1.82, 2.24) is 5.32 Å². The maximum Gasteiger partial charge on any atom is 0.344 e. The molecule has 5 nitrogen and oxygen atoms in total. The van der Waals surface area contributed by atoms with E-state index in [-0.39, 0.29) is 5.76 Å². The van der Waals surface area contributed by atoms with Gasteiger partial charge in [0.1, 0.15) is 0 Å². The van der Waals surface area contributed by atoms with E-state index in [2.05, 4.69) is 5.32 Å². The van der Waals surface area contributed by atoms with E-state index in [0.29, 0.717) is 23.9 Å². The Labute approximate surface area is 110 Å². The highest BCUT2D eigenvalue weighted by atomic mass is 16.5. The molecule has 1 heterocycles. The number of hydrogen-bond acceptors (Lipinski definition) is 4. The molecule has 0 aliphatic rings. The van der Waals surface area contributed by atoms with Crippen molar-refractivity contribution in [2.45, 2.75) is 6.92 Å². The van der Waals surface area contributed by atoms with Gasteiger partial charge in [0.05, 0.1) is 12.0 Å². The Morgan fingerprint density at radius 3 is 2.89 bits per heavy atom. The summed E-state index contributed by atoms with van der Waals surface area (Å²) in [5.74, 6) is -0.408. The second-order valence-corrected chi connectivity index (χ2v) is 4.24. The van der Waals surface area contributed by atoms with Gasteiger partial charge < -0.3 is 14.5 Å². The first-order valence-corrected chi connectivity index (χ1v) is 5.93. The van der Waals surface area contributed by atoms with Crippen LogP contribution in [0.5, 0.6) is 0 Å². The molecule has 0 saturated heterocycles. The summed E-state index contributed by atoms with van der Waals surface area (Å²) in [6, 6.07) is 6.99. The molecule has 1 aromatic carbocycles. The third-order valence-corrected chi connectivity index (χ3v) is 2.73. The fourth-order valence-electron chi connectivity index (χ4n) is 1.76. The molecule has 1 amide bonds. The summed E-state index contributed by atoms with van der Waals surface area (Å²) in [5, 5.41) is 3.78. The van der Waals surface area contributed by atoms with Crippen molar-refractivity contribution in [3.63, 3.8) is 0 Å². The molecule has 1 N–H and O–H groups in total. The minimum atomic E-state index is -0.502. The molecule has 0 bridgehead atoms. The normalized spacial score (nSPS) is 10.6. The summed E-state index contributed by atoms with van der Waals surface area (Å²) in [5.41, 5.74) is 0.468. The van der Waals surface area contributed by atoms with Crippen molar-refractivity contribution in [2.75, 3.05) is 20.3 Å². The molecule has 0 atom stereocenters. The summed E-state index contributed by atoms with van der Waals surface area (Å²) in [6.45, 7) is 2.66. The van der Waals surface area contributed by atoms with Crippen LogP contribution in [0.3, 0.4) is 0 Å². The number of hydrogen-bond donors (Lipinski definition) is 1. The topological polar surface area (TPSA) is 68.5 Å². The second-order valence-electron chi connectivity index (χ2n) is 4.24. The number of fused-ring (bicyclic) bond motifs is 1. The van der Waals surface area contributed by atoms with Crippen molar-refractivity contribution in [2.24, 2.45) is 0 Å². The number of amides is 1. The van der Waals surface area contributed by atoms with Crippen LogP contribution in [-0.2, 0) is 4.74 Å². The largest absolute Gasteiger partial charge is 0.417 e. The van der Waals surface area contributed by atoms with Gasteiger partial charge in [-0.3, -0.25) is 4.79 Å². The lowest BCUT2D eigenvalue weighted by Gasteiger charge is -2.04. The van der Waals surface area contributed by atoms with E-state index in [4.69, 9.17) is 9.15 Å². The number of carbonyl (C=O) groups excluding carboxylic acids is 1. The molecule has 0 unspecified atom stereocenters. The van der Waals surface area contributed by atoms with Gasteiger partial charge in [-0.05, 0) is 24.4 Å². The molecule has 1 aromatic heterocycles. The van der Waals surface area contributed by atoms with Gasteiger partial charge in [0.2, 0.25) is 0 Å². The second kappa shape index (κ2) is 5.67. The van der Waals surface area contributed by atoms with E-state index >= 15 is 0 Å². The summed E-state index contributed by atoms with van der Waals surface area (Å²) >= 11 is 0. The number of ether oxygens (including phenoxy) is 1. The maximum absolute atomic E-state index is 11.8. The quantitative estimate of drug-likeness (QED) is 0.846. The maximum atomic E-state index is 11.8. The molecule has 19 heavy (non-hydrogen) atoms. The van der Waals surface area contributed by atoms with Crippen LogP contribution >= 0.6 is 0 Å². The van der Waals surface area contributed by atoms with Gasteiger partial charge in [0.15, 0.2) is 5.76 Å². The summed E-state index contributed by atoms with van der Waals surface area (Å²) in [6.07, 6.45) is 0. The molecular formula is C14H15NO4. The van der Waals surface area contributed by atoms with Gasteiger partial charge in [-0.2, -0.15) is 0 Å². The minimum Gasteiger partial charge on any atom is -0.417 e. The van der Waals surface area contributed by atoms with E-state index < -0.39 is 11.5 Å². The lowest BCUT2D eigenvalue weighted by atomic mass is 10.1. The molecule has 100 valence electrons. The number of rotatable bonds is 4. The Bertz CT molecular complexity index is 660. The van der Waals surface area contributed by atoms with Crippen molar-refractivity contribution in [1.29, 1.82) is 0 Å². The Hall–Kier alpha value is -2.14. The van der Waals surface area contributed by atoms with Gasteiger partial charge >= 0.3 is 5.63 Å². The molecule has 2 rings (SSSR count). The van der Waals surface area contributed by atoms with Gasteiger partial charge in [0, 0.05) is 13.7 Å². The molecule has 0 spiro atoms. The van der Waals surface area contributed by atoms with E-state index in [1.807, 2.05) is 13.0 Å². The van der Waals surface area contributed by atoms with Gasteiger partial charge in [-0.15, -0.1) is 0 Å². The van der Waals surface area contributed by atoms with E-state index in [9.17, 15) is 9.59 Å². The highest BCUT2D eigenvalue weighted by molar-refractivity contribution is 5.95. The van der Waals surface area contributed by atoms with Crippen LogP contribution in [0.15, 0.2) is 33.5 Å². The number of methoxy groups -OCH3 is 1. The lowest BCUT2D eigenvalue weighted by molar-refractivity contribution is 0.0905. The first-order chi connectivity index (χ1) is 9.11. The van der Waals surface area contributed by atoms with Crippen molar-refractivity contribution >= 4 is 16.7 Å². The van der Waals surface area contributed by atoms with Crippen LogP contribution < -0.4 is 10.9 Å². The van der Waals surface area contributed by atoms with Gasteiger partial charge in [0.25, 0.3) is 5.91 Å². The van der Waals surface area contributed by atoms with Crippen LogP contribution in [0.25, 0.3) is 10.8 Å². The minimum absolute atomic E-state index is 0.0115. The average molecular weight is 261 g/mol. The molecule has 0 saturated carbocycles. The van der Waals surface area contributed by atoms with E-state index in [1.54, 1.807) is 25.3 Å². The summed E-state index contributed by atoms with van der Waals surface area (Å²) in [7, 11) is 1.55. The molecule has 0 aliphatic carbocycles. The third-order valence-electron chi connectivity index (χ3n) is 2.73. The number of nitrogens with one attached hydrogen (secondary N) is 1. The standard InChI is InChI=1S/C14H15NO4/c1-9-3-4-10-8-12(13(16)15-5-6-18-2)19-14(17)11(10)7-9/h3-4,7-8H,5-6H2,1-2H3,(H,15,16). The monoisotopic (exact) mass is 261 g/mol. The predicted molar refractivity (Wildman–Crippen MR) is 71.4 cm³/mol. The fourth-order valence-corrected chi connectivity index (χ4v) is 1.76. The third kappa shape index (κ3) is 3.00. The van der Waals surface area contributed by atoms with Crippen LogP contribution in [-0.4, -0.2) is 26.2 Å². The molecule has 2 aromatic rings. The Morgan fingerprint density at radius 2 is 2.16 bits per heavy atom. The summed E-state index contributed by atoms with van der Waals surface area (Å²) < 4.78 is 9.86. The molecule has 0 aliphatic heterocycles. The molecular weight excluding hydrogens is 246 g/mol. The number of aryl methyl sites for hydroxylation is 1. The van der Waals surface area contributed by atoms with Crippen molar-refractivity contribution in [3.05, 3.63) is 46.0 Å². The van der Waals surface area contributed by atoms with Crippen molar-refractivity contribution < 1.29 is 13.9 Å². The van der Waals surface area contributed by atoms with Gasteiger partial charge in [-0.25, -0.2) is 4.79 Å². The molecule has 0 fully saturated rings. The first kappa shape index (κ1) is 13.3. The zero-order chi connectivity index (χ0) is 13.8. The highest BCUT2D eigenvalue weighted by Crippen LogP contribution is 2.14. The van der Waals surface area contributed by atoms with Crippen LogP contribution in [0.2, 0.25) is 0 Å². The van der Waals surface area contributed by atoms with Crippen LogP contribution in [0.4, 0.5) is 0 Å². The highest BCUT2D eigenvalue weighted by Gasteiger charge is 2.11. The number of carbonyl (C=O) groups is 1. The van der Waals surface area contributed by atoms with Gasteiger partial charge in [-0.1, -0.05) is 17.7 Å². The lowest BCUT2D eigenvalue weighted by Crippen LogP contribution is -2.27. The molecule has 0 radical (unpaired) electrons. The first-order valence-electron chi connectivity index (χ1n) is 5.93. The Balaban J connectivity index is 2.33. The molecule has 5 heteroatoms. The predicted octanol–water partition coefficient (Wildman–Crippen LogP) is 1.48. The Kier molecular flexibility index (Phi) is 3.97. The van der Waals surface area contributed by atoms with E-state index in [0.717, 1.165) is 5.56 Å². The van der Waals surface area contributed by atoms with Crippen LogP contribution in [0.1, 0.15) is 16.1 Å². The number of benzene rings is 1. The zero-order valence-corrected chi connectivity index (χ0v) is 10.9. The SMILES string of the molecule is COCCNC(=O)c1cc2ccc(C)cc2c(=O)o1.